The molecule has 1 aromatic rings. The molecule has 0 saturated heterocycles. The molecule has 0 aromatic carbocycles. The number of pyridine rings is 1. The van der Waals surface area contributed by atoms with Crippen molar-refractivity contribution >= 4 is 11.3 Å². The molecule has 1 saturated carbocycles. The van der Waals surface area contributed by atoms with E-state index in [9.17, 15) is 9.70 Å². The average Bonchev–Trinajstić information content (AvgIpc) is 2.54. The summed E-state index contributed by atoms with van der Waals surface area (Å²) in [7, 11) is 0. The molecule has 0 bridgehead atoms. The van der Waals surface area contributed by atoms with Gasteiger partial charge in [-0.2, -0.15) is 0 Å². The number of nitroso groups, excluding NO2 is 1. The first-order chi connectivity index (χ1) is 11.4. The highest BCUT2D eigenvalue weighted by molar-refractivity contribution is 5.74. The maximum absolute atomic E-state index is 12.4. The van der Waals surface area contributed by atoms with Gasteiger partial charge in [0.15, 0.2) is 0 Å². The molecule has 7 heteroatoms. The molecule has 1 aliphatic carbocycles. The van der Waals surface area contributed by atoms with Crippen LogP contribution < -0.4 is 22.6 Å². The number of aromatic nitrogens is 1. The molecule has 1 heterocycles. The molecule has 0 atom stereocenters. The van der Waals surface area contributed by atoms with Crippen molar-refractivity contribution in [2.45, 2.75) is 46.0 Å². The van der Waals surface area contributed by atoms with E-state index in [2.05, 4.69) is 29.4 Å². The van der Waals surface area contributed by atoms with E-state index >= 15 is 0 Å². The maximum atomic E-state index is 12.4. The fraction of sp³-hybridized carbons (Fsp3) is 0.588. The predicted molar refractivity (Wildman–Crippen MR) is 96.3 cm³/mol. The Kier molecular flexibility index (Phi) is 5.90. The molecular formula is C17H27N5O2. The largest absolute Gasteiger partial charge is 0.331 e. The number of hydrogen-bond donors (Lipinski definition) is 4. The molecule has 0 aliphatic heterocycles. The smallest absolute Gasteiger partial charge is 0.258 e. The standard InChI is InChI=1S/C17H27N5O2/c1-17(2)5-3-11(4-6-17)7-13-8-14(22-24)15(16(23)21-13)12(9-18)10-20-19/h8,10-11,20H,3-7,9,18-19H2,1-2H3,(H,21,23)/b12-10+. The van der Waals surface area contributed by atoms with Gasteiger partial charge >= 0.3 is 0 Å². The summed E-state index contributed by atoms with van der Waals surface area (Å²) in [4.78, 5) is 26.5. The van der Waals surface area contributed by atoms with Gasteiger partial charge < -0.3 is 16.1 Å². The first kappa shape index (κ1) is 18.4. The molecule has 132 valence electrons. The Hall–Kier alpha value is -1.99. The number of aromatic amines is 1. The van der Waals surface area contributed by atoms with Crippen LogP contribution in [0, 0.1) is 16.2 Å². The molecule has 1 fully saturated rings. The van der Waals surface area contributed by atoms with Gasteiger partial charge in [-0.1, -0.05) is 13.8 Å². The molecular weight excluding hydrogens is 306 g/mol. The summed E-state index contributed by atoms with van der Waals surface area (Å²) in [6, 6.07) is 1.66. The second kappa shape index (κ2) is 7.72. The number of rotatable bonds is 6. The zero-order valence-electron chi connectivity index (χ0n) is 14.4. The van der Waals surface area contributed by atoms with Gasteiger partial charge in [0.05, 0.1) is 5.56 Å². The second-order valence-corrected chi connectivity index (χ2v) is 7.33. The maximum Gasteiger partial charge on any atom is 0.258 e. The van der Waals surface area contributed by atoms with Crippen molar-refractivity contribution in [3.63, 3.8) is 0 Å². The van der Waals surface area contributed by atoms with Gasteiger partial charge in [-0.25, -0.2) is 0 Å². The highest BCUT2D eigenvalue weighted by Crippen LogP contribution is 2.39. The summed E-state index contributed by atoms with van der Waals surface area (Å²) in [5.74, 6) is 5.78. The Labute approximate surface area is 141 Å². The van der Waals surface area contributed by atoms with Crippen LogP contribution >= 0.6 is 0 Å². The summed E-state index contributed by atoms with van der Waals surface area (Å²) in [6.45, 7) is 4.66. The highest BCUT2D eigenvalue weighted by Gasteiger charge is 2.27. The van der Waals surface area contributed by atoms with Crippen molar-refractivity contribution in [2.24, 2.45) is 28.1 Å². The molecule has 1 aromatic heterocycles. The SMILES string of the molecule is CC1(C)CCC(Cc2cc(N=O)c(/C(=C/NN)CN)c(=O)[nH]2)CC1. The van der Waals surface area contributed by atoms with Crippen molar-refractivity contribution < 1.29 is 0 Å². The molecule has 0 unspecified atom stereocenters. The quantitative estimate of drug-likeness (QED) is 0.361. The van der Waals surface area contributed by atoms with Gasteiger partial charge in [-0.05, 0) is 60.3 Å². The second-order valence-electron chi connectivity index (χ2n) is 7.33. The lowest BCUT2D eigenvalue weighted by Gasteiger charge is -2.34. The van der Waals surface area contributed by atoms with Crippen molar-refractivity contribution in [1.82, 2.24) is 10.4 Å². The van der Waals surface area contributed by atoms with Crippen LogP contribution in [0.1, 0.15) is 50.8 Å². The van der Waals surface area contributed by atoms with E-state index in [4.69, 9.17) is 11.6 Å². The van der Waals surface area contributed by atoms with Crippen LogP contribution in [0.25, 0.3) is 5.57 Å². The van der Waals surface area contributed by atoms with E-state index in [1.165, 1.54) is 19.0 Å². The van der Waals surface area contributed by atoms with Crippen molar-refractivity contribution in [3.05, 3.63) is 38.8 Å². The fourth-order valence-electron chi connectivity index (χ4n) is 3.40. The molecule has 0 spiro atoms. The van der Waals surface area contributed by atoms with E-state index in [0.717, 1.165) is 25.0 Å². The highest BCUT2D eigenvalue weighted by atomic mass is 16.3. The zero-order chi connectivity index (χ0) is 17.7. The molecule has 0 radical (unpaired) electrons. The summed E-state index contributed by atoms with van der Waals surface area (Å²) in [5, 5.41) is 3.02. The van der Waals surface area contributed by atoms with Crippen LogP contribution in [0.15, 0.2) is 22.2 Å². The summed E-state index contributed by atoms with van der Waals surface area (Å²) in [5.41, 5.74) is 9.51. The van der Waals surface area contributed by atoms with Crippen LogP contribution in [-0.2, 0) is 6.42 Å². The van der Waals surface area contributed by atoms with Crippen LogP contribution in [0.5, 0.6) is 0 Å². The topological polar surface area (TPSA) is 126 Å². The third-order valence-electron chi connectivity index (χ3n) is 4.93. The zero-order valence-corrected chi connectivity index (χ0v) is 14.4. The molecule has 2 rings (SSSR count). The predicted octanol–water partition coefficient (Wildman–Crippen LogP) is 2.29. The Morgan fingerprint density at radius 2 is 2.12 bits per heavy atom. The van der Waals surface area contributed by atoms with E-state index in [1.807, 2.05) is 0 Å². The minimum Gasteiger partial charge on any atom is -0.331 e. The fourth-order valence-corrected chi connectivity index (χ4v) is 3.40. The lowest BCUT2D eigenvalue weighted by Crippen LogP contribution is -2.24. The molecule has 7 nitrogen and oxygen atoms in total. The number of hydrazine groups is 1. The average molecular weight is 333 g/mol. The van der Waals surface area contributed by atoms with Gasteiger partial charge in [0, 0.05) is 18.4 Å². The summed E-state index contributed by atoms with van der Waals surface area (Å²) < 4.78 is 0. The third-order valence-corrected chi connectivity index (χ3v) is 4.93. The van der Waals surface area contributed by atoms with E-state index in [1.54, 1.807) is 6.07 Å². The molecule has 24 heavy (non-hydrogen) atoms. The first-order valence-electron chi connectivity index (χ1n) is 8.35. The van der Waals surface area contributed by atoms with E-state index in [-0.39, 0.29) is 23.4 Å². The minimum absolute atomic E-state index is 0.0762. The Bertz CT molecular complexity index is 668. The summed E-state index contributed by atoms with van der Waals surface area (Å²) >= 11 is 0. The lowest BCUT2D eigenvalue weighted by molar-refractivity contribution is 0.190. The molecule has 6 N–H and O–H groups in total. The number of H-pyrrole nitrogens is 1. The normalized spacial score (nSPS) is 18.4. The van der Waals surface area contributed by atoms with E-state index < -0.39 is 0 Å². The van der Waals surface area contributed by atoms with Crippen LogP contribution in [0.3, 0.4) is 0 Å². The van der Waals surface area contributed by atoms with Gasteiger partial charge in [0.1, 0.15) is 5.69 Å². The number of nitrogens with zero attached hydrogens (tertiary/aromatic N) is 1. The van der Waals surface area contributed by atoms with Gasteiger partial charge in [-0.3, -0.25) is 10.6 Å². The summed E-state index contributed by atoms with van der Waals surface area (Å²) in [6.07, 6.45) is 6.78. The van der Waals surface area contributed by atoms with E-state index in [0.29, 0.717) is 16.9 Å². The van der Waals surface area contributed by atoms with Crippen molar-refractivity contribution in [2.75, 3.05) is 6.54 Å². The Morgan fingerprint density at radius 1 is 1.46 bits per heavy atom. The number of nitrogens with one attached hydrogen (secondary N) is 2. The molecule has 0 amide bonds. The monoisotopic (exact) mass is 333 g/mol. The Balaban J connectivity index is 2.25. The van der Waals surface area contributed by atoms with Gasteiger partial charge in [-0.15, -0.1) is 4.91 Å². The molecule has 1 aliphatic rings. The van der Waals surface area contributed by atoms with Crippen LogP contribution in [-0.4, -0.2) is 11.5 Å². The first-order valence-corrected chi connectivity index (χ1v) is 8.35. The third kappa shape index (κ3) is 4.30. The van der Waals surface area contributed by atoms with Crippen molar-refractivity contribution in [1.29, 1.82) is 0 Å². The van der Waals surface area contributed by atoms with Crippen LogP contribution in [0.2, 0.25) is 0 Å². The number of hydrogen-bond acceptors (Lipinski definition) is 6. The minimum atomic E-state index is -0.356. The van der Waals surface area contributed by atoms with Crippen LogP contribution in [0.4, 0.5) is 5.69 Å². The lowest BCUT2D eigenvalue weighted by atomic mass is 9.72. The van der Waals surface area contributed by atoms with Gasteiger partial charge in [0.2, 0.25) is 0 Å². The Morgan fingerprint density at radius 3 is 2.67 bits per heavy atom. The number of nitrogens with two attached hydrogens (primary N) is 2. The van der Waals surface area contributed by atoms with Gasteiger partial charge in [0.25, 0.3) is 5.56 Å². The van der Waals surface area contributed by atoms with Crippen molar-refractivity contribution in [3.8, 4) is 0 Å².